The summed E-state index contributed by atoms with van der Waals surface area (Å²) in [5, 5.41) is 9.94. The first kappa shape index (κ1) is 17.2. The summed E-state index contributed by atoms with van der Waals surface area (Å²) < 4.78 is 38.7. The van der Waals surface area contributed by atoms with Crippen LogP contribution in [0.15, 0.2) is 24.3 Å². The largest absolute Gasteiger partial charge is 0.416 e. The van der Waals surface area contributed by atoms with E-state index in [1.54, 1.807) is 22.9 Å². The average Bonchev–Trinajstić information content (AvgIpc) is 3.30. The normalized spacial score (nSPS) is 25.0. The van der Waals surface area contributed by atoms with Crippen LogP contribution >= 0.6 is 0 Å². The number of carbonyl (C=O) groups excluding carboxylic acids is 1. The molecule has 1 aromatic rings. The van der Waals surface area contributed by atoms with Gasteiger partial charge < -0.3 is 10.0 Å². The van der Waals surface area contributed by atoms with Crippen molar-refractivity contribution >= 4 is 5.91 Å². The number of benzene rings is 1. The van der Waals surface area contributed by atoms with Crippen LogP contribution < -0.4 is 0 Å². The predicted octanol–water partition coefficient (Wildman–Crippen LogP) is 2.43. The first-order valence-corrected chi connectivity index (χ1v) is 8.10. The summed E-state index contributed by atoms with van der Waals surface area (Å²) in [7, 11) is 1.76. The Balaban J connectivity index is 1.76. The average molecular weight is 342 g/mol. The molecule has 1 saturated heterocycles. The third kappa shape index (κ3) is 3.72. The van der Waals surface area contributed by atoms with Gasteiger partial charge in [-0.15, -0.1) is 0 Å². The van der Waals surface area contributed by atoms with Crippen molar-refractivity contribution < 1.29 is 23.1 Å². The van der Waals surface area contributed by atoms with E-state index in [1.165, 1.54) is 6.07 Å². The fraction of sp³-hybridized carbons (Fsp3) is 0.588. The first-order chi connectivity index (χ1) is 11.3. The number of rotatable bonds is 4. The van der Waals surface area contributed by atoms with Crippen molar-refractivity contribution in [3.05, 3.63) is 35.4 Å². The monoisotopic (exact) mass is 342 g/mol. The molecule has 2 atom stereocenters. The highest BCUT2D eigenvalue weighted by atomic mass is 19.4. The summed E-state index contributed by atoms with van der Waals surface area (Å²) in [4.78, 5) is 15.8. The molecular weight excluding hydrogens is 321 g/mol. The summed E-state index contributed by atoms with van der Waals surface area (Å²) in [6.45, 7) is 0.413. The Kier molecular flexibility index (Phi) is 4.57. The van der Waals surface area contributed by atoms with Crippen molar-refractivity contribution in [2.45, 2.75) is 43.6 Å². The summed E-state index contributed by atoms with van der Waals surface area (Å²) in [6, 6.07) is 5.06. The van der Waals surface area contributed by atoms with Gasteiger partial charge in [-0.2, -0.15) is 13.2 Å². The van der Waals surface area contributed by atoms with Gasteiger partial charge in [0.15, 0.2) is 0 Å². The molecule has 0 radical (unpaired) electrons. The number of halogens is 3. The Morgan fingerprint density at radius 2 is 2.08 bits per heavy atom. The number of alkyl halides is 3. The van der Waals surface area contributed by atoms with Crippen LogP contribution in [0.1, 0.15) is 36.4 Å². The molecule has 132 valence electrons. The molecule has 1 aliphatic heterocycles. The summed E-state index contributed by atoms with van der Waals surface area (Å²) in [6.07, 6.45) is -2.70. The number of likely N-dealkylation sites (tertiary alicyclic amines) is 1. The van der Waals surface area contributed by atoms with Crippen LogP contribution in [-0.4, -0.2) is 53.1 Å². The van der Waals surface area contributed by atoms with E-state index in [1.807, 2.05) is 0 Å². The van der Waals surface area contributed by atoms with Crippen molar-refractivity contribution in [3.8, 4) is 0 Å². The Morgan fingerprint density at radius 1 is 1.38 bits per heavy atom. The summed E-state index contributed by atoms with van der Waals surface area (Å²) >= 11 is 0. The van der Waals surface area contributed by atoms with Crippen LogP contribution in [-0.2, 0) is 11.0 Å². The molecule has 1 amide bonds. The van der Waals surface area contributed by atoms with Crippen LogP contribution in [0.5, 0.6) is 0 Å². The Labute approximate surface area is 138 Å². The molecule has 1 saturated carbocycles. The molecule has 1 N–H and O–H groups in total. The highest BCUT2D eigenvalue weighted by molar-refractivity contribution is 5.78. The third-order valence-corrected chi connectivity index (χ3v) is 4.81. The molecule has 2 fully saturated rings. The number of hydrogen-bond acceptors (Lipinski definition) is 3. The highest BCUT2D eigenvalue weighted by Crippen LogP contribution is 2.36. The number of aliphatic hydroxyl groups is 1. The second-order valence-electron chi connectivity index (χ2n) is 6.69. The maximum atomic E-state index is 12.9. The minimum atomic E-state index is -4.40. The lowest BCUT2D eigenvalue weighted by molar-refractivity contribution is -0.137. The van der Waals surface area contributed by atoms with Gasteiger partial charge >= 0.3 is 6.18 Å². The molecule has 7 heteroatoms. The van der Waals surface area contributed by atoms with Gasteiger partial charge in [-0.3, -0.25) is 9.69 Å². The first-order valence-electron chi connectivity index (χ1n) is 8.10. The van der Waals surface area contributed by atoms with Crippen LogP contribution in [0.25, 0.3) is 0 Å². The van der Waals surface area contributed by atoms with Gasteiger partial charge in [0, 0.05) is 25.7 Å². The van der Waals surface area contributed by atoms with Crippen LogP contribution in [0.2, 0.25) is 0 Å². The number of aliphatic hydroxyl groups excluding tert-OH is 1. The SMILES string of the molecule is CN(C(=O)CN1CC(O)CC1c1cccc(C(F)(F)F)c1)C1CC1. The Hall–Kier alpha value is -1.60. The topological polar surface area (TPSA) is 43.8 Å². The second kappa shape index (κ2) is 6.37. The fourth-order valence-corrected chi connectivity index (χ4v) is 3.27. The zero-order valence-electron chi connectivity index (χ0n) is 13.5. The molecule has 3 rings (SSSR count). The molecule has 1 aliphatic carbocycles. The molecule has 24 heavy (non-hydrogen) atoms. The fourth-order valence-electron chi connectivity index (χ4n) is 3.27. The van der Waals surface area contributed by atoms with E-state index in [4.69, 9.17) is 0 Å². The molecule has 1 aromatic carbocycles. The van der Waals surface area contributed by atoms with Gasteiger partial charge in [-0.25, -0.2) is 0 Å². The number of hydrogen-bond donors (Lipinski definition) is 1. The van der Waals surface area contributed by atoms with Gasteiger partial charge in [0.05, 0.1) is 18.2 Å². The van der Waals surface area contributed by atoms with E-state index in [0.29, 0.717) is 18.5 Å². The van der Waals surface area contributed by atoms with Crippen LogP contribution in [0.4, 0.5) is 13.2 Å². The minimum Gasteiger partial charge on any atom is -0.392 e. The summed E-state index contributed by atoms with van der Waals surface area (Å²) in [5.74, 6) is -0.0522. The van der Waals surface area contributed by atoms with Gasteiger partial charge in [0.25, 0.3) is 0 Å². The second-order valence-corrected chi connectivity index (χ2v) is 6.69. The third-order valence-electron chi connectivity index (χ3n) is 4.81. The van der Waals surface area contributed by atoms with E-state index in [2.05, 4.69) is 0 Å². The standard InChI is InChI=1S/C17H21F3N2O2/c1-21(13-5-6-13)16(24)10-22-9-14(23)8-15(22)11-3-2-4-12(7-11)17(18,19)20/h2-4,7,13-15,23H,5-6,8-10H2,1H3. The van der Waals surface area contributed by atoms with Crippen molar-refractivity contribution in [2.75, 3.05) is 20.1 Å². The maximum absolute atomic E-state index is 12.9. The number of amides is 1. The lowest BCUT2D eigenvalue weighted by Gasteiger charge is -2.27. The lowest BCUT2D eigenvalue weighted by atomic mass is 10.0. The summed E-state index contributed by atoms with van der Waals surface area (Å²) in [5.41, 5.74) is -0.217. The molecule has 4 nitrogen and oxygen atoms in total. The molecular formula is C17H21F3N2O2. The Morgan fingerprint density at radius 3 is 2.71 bits per heavy atom. The number of carbonyl (C=O) groups is 1. The number of likely N-dealkylation sites (N-methyl/N-ethyl adjacent to an activating group) is 1. The molecule has 2 aliphatic rings. The van der Waals surface area contributed by atoms with Gasteiger partial charge in [-0.1, -0.05) is 12.1 Å². The molecule has 1 heterocycles. The molecule has 2 unspecified atom stereocenters. The maximum Gasteiger partial charge on any atom is 0.416 e. The van der Waals surface area contributed by atoms with Crippen LogP contribution in [0, 0.1) is 0 Å². The van der Waals surface area contributed by atoms with Crippen molar-refractivity contribution in [2.24, 2.45) is 0 Å². The number of β-amino-alcohol motifs (C(OH)–C–C–N with tert-alkyl or cyclic N) is 1. The van der Waals surface area contributed by atoms with Crippen molar-refractivity contribution in [1.82, 2.24) is 9.80 Å². The van der Waals surface area contributed by atoms with E-state index in [0.717, 1.165) is 25.0 Å². The number of nitrogens with zero attached hydrogens (tertiary/aromatic N) is 2. The van der Waals surface area contributed by atoms with Gasteiger partial charge in [0.2, 0.25) is 5.91 Å². The van der Waals surface area contributed by atoms with Gasteiger partial charge in [0.1, 0.15) is 0 Å². The quantitative estimate of drug-likeness (QED) is 0.914. The van der Waals surface area contributed by atoms with Gasteiger partial charge in [-0.05, 0) is 37.0 Å². The predicted molar refractivity (Wildman–Crippen MR) is 82.2 cm³/mol. The molecule has 0 spiro atoms. The van der Waals surface area contributed by atoms with Crippen molar-refractivity contribution in [1.29, 1.82) is 0 Å². The van der Waals surface area contributed by atoms with E-state index in [9.17, 15) is 23.1 Å². The van der Waals surface area contributed by atoms with E-state index in [-0.39, 0.29) is 24.5 Å². The van der Waals surface area contributed by atoms with E-state index >= 15 is 0 Å². The van der Waals surface area contributed by atoms with Crippen molar-refractivity contribution in [3.63, 3.8) is 0 Å². The van der Waals surface area contributed by atoms with E-state index < -0.39 is 17.8 Å². The molecule has 0 bridgehead atoms. The zero-order chi connectivity index (χ0) is 17.5. The molecule has 0 aromatic heterocycles. The Bertz CT molecular complexity index is 616. The zero-order valence-corrected chi connectivity index (χ0v) is 13.5. The lowest BCUT2D eigenvalue weighted by Crippen LogP contribution is -2.39. The minimum absolute atomic E-state index is 0.0522. The van der Waals surface area contributed by atoms with Crippen LogP contribution in [0.3, 0.4) is 0 Å². The highest BCUT2D eigenvalue weighted by Gasteiger charge is 2.37. The smallest absolute Gasteiger partial charge is 0.392 e.